The number of hydrogen-bond donors (Lipinski definition) is 1. The molecule has 0 aliphatic heterocycles. The van der Waals surface area contributed by atoms with Gasteiger partial charge in [0.15, 0.2) is 0 Å². The predicted octanol–water partition coefficient (Wildman–Crippen LogP) is 8.64. The molecule has 4 aromatic carbocycles. The summed E-state index contributed by atoms with van der Waals surface area (Å²) < 4.78 is 5.92. The van der Waals surface area contributed by atoms with E-state index >= 15 is 0 Å². The largest absolute Gasteiger partial charge is 0.505 e. The molecule has 1 N–H and O–H groups in total. The number of hydrogen-bond acceptors (Lipinski definition) is 5. The molecule has 1 heterocycles. The van der Waals surface area contributed by atoms with Crippen molar-refractivity contribution in [2.24, 2.45) is 0 Å². The number of carbonyl (C=O) groups excluding carboxylic acids is 1. The number of ether oxygens (including phenoxy) is 1. The Labute approximate surface area is 254 Å². The monoisotopic (exact) mass is 575 g/mol. The predicted molar refractivity (Wildman–Crippen MR) is 171 cm³/mol. The zero-order chi connectivity index (χ0) is 30.2. The van der Waals surface area contributed by atoms with Gasteiger partial charge in [-0.3, -0.25) is 4.79 Å². The van der Waals surface area contributed by atoms with Crippen LogP contribution in [-0.2, 0) is 21.6 Å². The molecule has 0 saturated carbocycles. The van der Waals surface area contributed by atoms with Gasteiger partial charge in [-0.15, -0.1) is 15.0 Å². The molecule has 1 aromatic heterocycles. The van der Waals surface area contributed by atoms with Gasteiger partial charge < -0.3 is 9.84 Å². The van der Waals surface area contributed by atoms with Crippen LogP contribution in [0.1, 0.15) is 87.5 Å². The van der Waals surface area contributed by atoms with E-state index in [1.807, 2.05) is 84.9 Å². The molecule has 0 aliphatic carbocycles. The zero-order valence-corrected chi connectivity index (χ0v) is 25.4. The normalized spacial score (nSPS) is 12.3. The van der Waals surface area contributed by atoms with E-state index in [1.165, 1.54) is 11.2 Å². The first-order valence-corrected chi connectivity index (χ1v) is 15.3. The summed E-state index contributed by atoms with van der Waals surface area (Å²) in [5.74, 6) is -0.671. The molecular weight excluding hydrogens is 534 g/mol. The fraction of sp³-hybridized carbons (Fsp3) is 0.324. The van der Waals surface area contributed by atoms with E-state index in [0.717, 1.165) is 53.4 Å². The Kier molecular flexibility index (Phi) is 9.55. The highest BCUT2D eigenvalue weighted by molar-refractivity contribution is 5.79. The number of phenolic OH excluding ortho intramolecular Hbond substituents is 1. The summed E-state index contributed by atoms with van der Waals surface area (Å²) >= 11 is 0. The van der Waals surface area contributed by atoms with Gasteiger partial charge in [0.05, 0.1) is 5.92 Å². The SMILES string of the molecule is CCCCCCCC(C(=O)OCc1ccccc1)c1cc(-n2nc3ccccc3n2)c(O)c(C(C)(C)c2ccccc2)c1. The van der Waals surface area contributed by atoms with E-state index in [2.05, 4.69) is 43.1 Å². The third kappa shape index (κ3) is 6.96. The van der Waals surface area contributed by atoms with E-state index in [9.17, 15) is 9.90 Å². The average molecular weight is 576 g/mol. The lowest BCUT2D eigenvalue weighted by molar-refractivity contribution is -0.147. The van der Waals surface area contributed by atoms with Crippen LogP contribution < -0.4 is 0 Å². The molecule has 6 nitrogen and oxygen atoms in total. The van der Waals surface area contributed by atoms with Crippen molar-refractivity contribution in [3.63, 3.8) is 0 Å². The number of esters is 1. The molecule has 43 heavy (non-hydrogen) atoms. The smallest absolute Gasteiger partial charge is 0.313 e. The first-order valence-electron chi connectivity index (χ1n) is 15.3. The third-order valence-electron chi connectivity index (χ3n) is 8.29. The first-order chi connectivity index (χ1) is 20.9. The van der Waals surface area contributed by atoms with Crippen LogP contribution >= 0.6 is 0 Å². The Morgan fingerprint density at radius 1 is 0.837 bits per heavy atom. The minimum absolute atomic E-state index is 0.0947. The summed E-state index contributed by atoms with van der Waals surface area (Å²) in [5, 5.41) is 21.2. The van der Waals surface area contributed by atoms with Crippen molar-refractivity contribution < 1.29 is 14.6 Å². The van der Waals surface area contributed by atoms with E-state index < -0.39 is 11.3 Å². The van der Waals surface area contributed by atoms with Crippen molar-refractivity contribution in [1.82, 2.24) is 15.0 Å². The molecule has 0 bridgehead atoms. The van der Waals surface area contributed by atoms with E-state index in [4.69, 9.17) is 4.74 Å². The molecule has 1 unspecified atom stereocenters. The van der Waals surface area contributed by atoms with Gasteiger partial charge in [-0.25, -0.2) is 0 Å². The highest BCUT2D eigenvalue weighted by Crippen LogP contribution is 2.42. The Bertz CT molecular complexity index is 1610. The molecule has 6 heteroatoms. The Balaban J connectivity index is 1.59. The second kappa shape index (κ2) is 13.7. The van der Waals surface area contributed by atoms with Crippen LogP contribution in [0, 0.1) is 0 Å². The highest BCUT2D eigenvalue weighted by Gasteiger charge is 2.32. The van der Waals surface area contributed by atoms with Crippen molar-refractivity contribution in [1.29, 1.82) is 0 Å². The molecular formula is C37H41N3O3. The fourth-order valence-corrected chi connectivity index (χ4v) is 5.65. The van der Waals surface area contributed by atoms with Crippen LogP contribution in [0.4, 0.5) is 0 Å². The summed E-state index contributed by atoms with van der Waals surface area (Å²) in [6.45, 7) is 6.59. The van der Waals surface area contributed by atoms with E-state index in [-0.39, 0.29) is 18.3 Å². The summed E-state index contributed by atoms with van der Waals surface area (Å²) in [5.41, 5.74) is 4.83. The van der Waals surface area contributed by atoms with E-state index in [0.29, 0.717) is 17.7 Å². The van der Waals surface area contributed by atoms with E-state index in [1.54, 1.807) is 0 Å². The lowest BCUT2D eigenvalue weighted by atomic mass is 9.76. The van der Waals surface area contributed by atoms with Gasteiger partial charge in [0.1, 0.15) is 29.1 Å². The Morgan fingerprint density at radius 2 is 1.44 bits per heavy atom. The number of phenols is 1. The molecule has 222 valence electrons. The van der Waals surface area contributed by atoms with Crippen LogP contribution in [0.15, 0.2) is 97.1 Å². The molecule has 0 amide bonds. The molecule has 0 saturated heterocycles. The van der Waals surface area contributed by atoms with Gasteiger partial charge in [0, 0.05) is 11.0 Å². The quantitative estimate of drug-likeness (QED) is 0.112. The van der Waals surface area contributed by atoms with Crippen LogP contribution in [0.2, 0.25) is 0 Å². The van der Waals surface area contributed by atoms with Crippen LogP contribution in [-0.4, -0.2) is 26.1 Å². The van der Waals surface area contributed by atoms with Crippen LogP contribution in [0.5, 0.6) is 5.75 Å². The summed E-state index contributed by atoms with van der Waals surface area (Å²) in [4.78, 5) is 15.3. The van der Waals surface area contributed by atoms with Gasteiger partial charge in [-0.2, -0.15) is 0 Å². The van der Waals surface area contributed by atoms with Gasteiger partial charge in [-0.1, -0.05) is 132 Å². The van der Waals surface area contributed by atoms with Gasteiger partial charge >= 0.3 is 5.97 Å². The fourth-order valence-electron chi connectivity index (χ4n) is 5.65. The zero-order valence-electron chi connectivity index (χ0n) is 25.4. The number of unbranched alkanes of at least 4 members (excludes halogenated alkanes) is 4. The Morgan fingerprint density at radius 3 is 2.09 bits per heavy atom. The summed E-state index contributed by atoms with van der Waals surface area (Å²) in [6, 6.07) is 31.3. The number of aromatic hydroxyl groups is 1. The highest BCUT2D eigenvalue weighted by atomic mass is 16.5. The maximum atomic E-state index is 13.8. The number of benzene rings is 4. The third-order valence-corrected chi connectivity index (χ3v) is 8.29. The lowest BCUT2D eigenvalue weighted by Gasteiger charge is -2.29. The number of aromatic nitrogens is 3. The number of rotatable bonds is 13. The number of nitrogens with zero attached hydrogens (tertiary/aromatic N) is 3. The maximum absolute atomic E-state index is 13.8. The van der Waals surface area contributed by atoms with Crippen molar-refractivity contribution in [3.05, 3.63) is 119 Å². The van der Waals surface area contributed by atoms with Gasteiger partial charge in [-0.05, 0) is 41.3 Å². The average Bonchev–Trinajstić information content (AvgIpc) is 3.47. The minimum Gasteiger partial charge on any atom is -0.505 e. The standard InChI is InChI=1S/C37H41N3O3/c1-4-5-6-7-14-21-30(36(42)43-26-27-17-10-8-11-18-27)28-24-31(37(2,3)29-19-12-9-13-20-29)35(41)34(25-28)40-38-32-22-15-16-23-33(32)39-40/h8-13,15-20,22-25,30,41H,4-7,14,21,26H2,1-3H3. The molecule has 0 aliphatic rings. The van der Waals surface area contributed by atoms with Gasteiger partial charge in [0.2, 0.25) is 0 Å². The molecule has 0 spiro atoms. The lowest BCUT2D eigenvalue weighted by Crippen LogP contribution is -2.22. The molecule has 0 radical (unpaired) electrons. The number of carbonyl (C=O) groups is 1. The summed E-state index contributed by atoms with van der Waals surface area (Å²) in [7, 11) is 0. The molecule has 5 aromatic rings. The van der Waals surface area contributed by atoms with Crippen molar-refractivity contribution in [3.8, 4) is 11.4 Å². The molecule has 1 atom stereocenters. The van der Waals surface area contributed by atoms with Crippen molar-refractivity contribution in [2.45, 2.75) is 77.2 Å². The second-order valence-corrected chi connectivity index (χ2v) is 11.8. The Hall–Kier alpha value is -4.45. The van der Waals surface area contributed by atoms with Crippen molar-refractivity contribution >= 4 is 17.0 Å². The van der Waals surface area contributed by atoms with Crippen molar-refractivity contribution in [2.75, 3.05) is 0 Å². The molecule has 0 fully saturated rings. The maximum Gasteiger partial charge on any atom is 0.313 e. The topological polar surface area (TPSA) is 77.2 Å². The number of fused-ring (bicyclic) bond motifs is 1. The minimum atomic E-state index is -0.567. The first kappa shape index (κ1) is 30.0. The van der Waals surface area contributed by atoms with Crippen LogP contribution in [0.25, 0.3) is 16.7 Å². The summed E-state index contributed by atoms with van der Waals surface area (Å²) in [6.07, 6.45) is 6.09. The molecule has 5 rings (SSSR count). The second-order valence-electron chi connectivity index (χ2n) is 11.8. The van der Waals surface area contributed by atoms with Crippen LogP contribution in [0.3, 0.4) is 0 Å². The van der Waals surface area contributed by atoms with Gasteiger partial charge in [0.25, 0.3) is 0 Å².